The first-order valence-corrected chi connectivity index (χ1v) is 4.43. The molecule has 1 heterocycles. The van der Waals surface area contributed by atoms with E-state index in [4.69, 9.17) is 0 Å². The van der Waals surface area contributed by atoms with Crippen molar-refractivity contribution >= 4 is 30.4 Å². The molecule has 0 amide bonds. The number of thiol groups is 1. The number of thioether (sulfide) groups is 1. The van der Waals surface area contributed by atoms with Crippen LogP contribution in [-0.4, -0.2) is 24.6 Å². The van der Waals surface area contributed by atoms with Gasteiger partial charge in [-0.05, 0) is 0 Å². The van der Waals surface area contributed by atoms with Gasteiger partial charge in [-0.25, -0.2) is 4.79 Å². The maximum absolute atomic E-state index is 10.9. The highest BCUT2D eigenvalue weighted by molar-refractivity contribution is 8.01. The summed E-state index contributed by atoms with van der Waals surface area (Å²) < 4.78 is 4.55. The van der Waals surface area contributed by atoms with E-state index in [0.717, 1.165) is 22.0 Å². The van der Waals surface area contributed by atoms with E-state index in [2.05, 4.69) is 17.4 Å². The molecule has 10 heavy (non-hydrogen) atoms. The van der Waals surface area contributed by atoms with Crippen LogP contribution < -0.4 is 0 Å². The van der Waals surface area contributed by atoms with Crippen molar-refractivity contribution in [2.75, 3.05) is 18.6 Å². The molecule has 0 saturated carbocycles. The average molecular weight is 176 g/mol. The Hall–Kier alpha value is -0.0900. The van der Waals surface area contributed by atoms with E-state index < -0.39 is 0 Å². The van der Waals surface area contributed by atoms with Gasteiger partial charge in [0.2, 0.25) is 0 Å². The van der Waals surface area contributed by atoms with Crippen LogP contribution in [0.3, 0.4) is 0 Å². The standard InChI is InChI=1S/C6H8O2S2/c1-8-6(7)4-2-10-3-5(4)9/h9H,2-3H2,1H3. The third kappa shape index (κ3) is 1.49. The first kappa shape index (κ1) is 8.01. The van der Waals surface area contributed by atoms with Gasteiger partial charge in [-0.15, -0.1) is 12.6 Å². The zero-order valence-electron chi connectivity index (χ0n) is 5.59. The summed E-state index contributed by atoms with van der Waals surface area (Å²) in [4.78, 5) is 11.7. The summed E-state index contributed by atoms with van der Waals surface area (Å²) in [5, 5.41) is 0. The Balaban J connectivity index is 2.71. The summed E-state index contributed by atoms with van der Waals surface area (Å²) in [7, 11) is 1.39. The molecule has 0 radical (unpaired) electrons. The van der Waals surface area contributed by atoms with Crippen molar-refractivity contribution < 1.29 is 9.53 Å². The van der Waals surface area contributed by atoms with Crippen LogP contribution >= 0.6 is 24.4 Å². The molecule has 1 aliphatic rings. The normalized spacial score (nSPS) is 17.8. The molecule has 56 valence electrons. The number of hydrogen-bond acceptors (Lipinski definition) is 4. The Labute approximate surface area is 69.4 Å². The summed E-state index contributed by atoms with van der Waals surface area (Å²) >= 11 is 5.82. The van der Waals surface area contributed by atoms with E-state index in [-0.39, 0.29) is 5.97 Å². The second kappa shape index (κ2) is 3.34. The van der Waals surface area contributed by atoms with Gasteiger partial charge in [-0.1, -0.05) is 0 Å². The van der Waals surface area contributed by atoms with Crippen LogP contribution in [-0.2, 0) is 9.53 Å². The average Bonchev–Trinajstić information content (AvgIpc) is 2.34. The molecule has 0 saturated heterocycles. The van der Waals surface area contributed by atoms with Crippen LogP contribution in [0.25, 0.3) is 0 Å². The zero-order chi connectivity index (χ0) is 7.56. The van der Waals surface area contributed by atoms with Crippen LogP contribution in [0, 0.1) is 0 Å². The Morgan fingerprint density at radius 1 is 1.70 bits per heavy atom. The van der Waals surface area contributed by atoms with Gasteiger partial charge < -0.3 is 4.74 Å². The molecule has 0 aromatic rings. The Bertz CT molecular complexity index is 186. The van der Waals surface area contributed by atoms with Crippen LogP contribution in [0.5, 0.6) is 0 Å². The van der Waals surface area contributed by atoms with Crippen LogP contribution in [0.4, 0.5) is 0 Å². The van der Waals surface area contributed by atoms with Gasteiger partial charge in [0.05, 0.1) is 12.7 Å². The Morgan fingerprint density at radius 3 is 2.80 bits per heavy atom. The minimum atomic E-state index is -0.241. The predicted molar refractivity (Wildman–Crippen MR) is 45.4 cm³/mol. The predicted octanol–water partition coefficient (Wildman–Crippen LogP) is 1.09. The number of ether oxygens (including phenoxy) is 1. The van der Waals surface area contributed by atoms with Crippen LogP contribution in [0.2, 0.25) is 0 Å². The number of esters is 1. The molecule has 4 heteroatoms. The van der Waals surface area contributed by atoms with Crippen molar-refractivity contribution in [3.63, 3.8) is 0 Å². The molecule has 0 bridgehead atoms. The molecule has 1 aliphatic heterocycles. The lowest BCUT2D eigenvalue weighted by Gasteiger charge is -1.97. The molecule has 0 N–H and O–H groups in total. The fourth-order valence-corrected chi connectivity index (χ4v) is 2.24. The second-order valence-corrected chi connectivity index (χ2v) is 3.44. The first-order valence-electron chi connectivity index (χ1n) is 2.82. The van der Waals surface area contributed by atoms with E-state index in [1.165, 1.54) is 7.11 Å². The summed E-state index contributed by atoms with van der Waals surface area (Å²) in [5.41, 5.74) is 0.718. The molecule has 0 aliphatic carbocycles. The van der Waals surface area contributed by atoms with Gasteiger partial charge >= 0.3 is 5.97 Å². The number of methoxy groups -OCH3 is 1. The van der Waals surface area contributed by atoms with E-state index in [0.29, 0.717) is 0 Å². The van der Waals surface area contributed by atoms with Crippen molar-refractivity contribution in [1.29, 1.82) is 0 Å². The fourth-order valence-electron chi connectivity index (χ4n) is 0.720. The molecule has 0 atom stereocenters. The monoisotopic (exact) mass is 176 g/mol. The number of carbonyl (C=O) groups is 1. The van der Waals surface area contributed by atoms with E-state index in [9.17, 15) is 4.79 Å². The largest absolute Gasteiger partial charge is 0.466 e. The molecule has 1 rings (SSSR count). The van der Waals surface area contributed by atoms with Gasteiger partial charge in [0.1, 0.15) is 0 Å². The Morgan fingerprint density at radius 2 is 2.40 bits per heavy atom. The van der Waals surface area contributed by atoms with Gasteiger partial charge in [0.15, 0.2) is 0 Å². The first-order chi connectivity index (χ1) is 4.75. The quantitative estimate of drug-likeness (QED) is 0.478. The lowest BCUT2D eigenvalue weighted by Crippen LogP contribution is -2.05. The second-order valence-electron chi connectivity index (χ2n) is 1.91. The maximum Gasteiger partial charge on any atom is 0.335 e. The number of carbonyl (C=O) groups excluding carboxylic acids is 1. The molecule has 2 nitrogen and oxygen atoms in total. The highest BCUT2D eigenvalue weighted by Gasteiger charge is 2.18. The van der Waals surface area contributed by atoms with Crippen molar-refractivity contribution in [1.82, 2.24) is 0 Å². The lowest BCUT2D eigenvalue weighted by atomic mass is 10.3. The third-order valence-electron chi connectivity index (χ3n) is 1.27. The summed E-state index contributed by atoms with van der Waals surface area (Å²) in [5.74, 6) is 1.34. The van der Waals surface area contributed by atoms with Crippen molar-refractivity contribution in [3.8, 4) is 0 Å². The smallest absolute Gasteiger partial charge is 0.335 e. The molecule has 0 fully saturated rings. The minimum absolute atomic E-state index is 0.241. The third-order valence-corrected chi connectivity index (χ3v) is 2.89. The van der Waals surface area contributed by atoms with E-state index in [1.54, 1.807) is 11.8 Å². The Kier molecular flexibility index (Phi) is 2.68. The highest BCUT2D eigenvalue weighted by Crippen LogP contribution is 2.27. The van der Waals surface area contributed by atoms with Crippen molar-refractivity contribution in [3.05, 3.63) is 10.5 Å². The van der Waals surface area contributed by atoms with Gasteiger partial charge in [-0.3, -0.25) is 0 Å². The fraction of sp³-hybridized carbons (Fsp3) is 0.500. The van der Waals surface area contributed by atoms with E-state index >= 15 is 0 Å². The lowest BCUT2D eigenvalue weighted by molar-refractivity contribution is -0.135. The van der Waals surface area contributed by atoms with Crippen molar-refractivity contribution in [2.24, 2.45) is 0 Å². The molecule has 0 unspecified atom stereocenters. The molecule has 0 aromatic carbocycles. The number of rotatable bonds is 1. The minimum Gasteiger partial charge on any atom is -0.466 e. The van der Waals surface area contributed by atoms with Crippen molar-refractivity contribution in [2.45, 2.75) is 0 Å². The molecular formula is C6H8O2S2. The van der Waals surface area contributed by atoms with E-state index in [1.807, 2.05) is 0 Å². The van der Waals surface area contributed by atoms with Gasteiger partial charge in [-0.2, -0.15) is 11.8 Å². The summed E-state index contributed by atoms with van der Waals surface area (Å²) in [6.07, 6.45) is 0. The number of hydrogen-bond donors (Lipinski definition) is 1. The highest BCUT2D eigenvalue weighted by atomic mass is 32.2. The molecule has 0 aromatic heterocycles. The molecular weight excluding hydrogens is 168 g/mol. The van der Waals surface area contributed by atoms with Crippen LogP contribution in [0.15, 0.2) is 10.5 Å². The van der Waals surface area contributed by atoms with Crippen LogP contribution in [0.1, 0.15) is 0 Å². The summed E-state index contributed by atoms with van der Waals surface area (Å²) in [6, 6.07) is 0. The topological polar surface area (TPSA) is 26.3 Å². The molecule has 0 spiro atoms. The van der Waals surface area contributed by atoms with Gasteiger partial charge in [0, 0.05) is 16.4 Å². The zero-order valence-corrected chi connectivity index (χ0v) is 7.30. The SMILES string of the molecule is COC(=O)C1=C(S)CSC1. The van der Waals surface area contributed by atoms with Gasteiger partial charge in [0.25, 0.3) is 0 Å². The summed E-state index contributed by atoms with van der Waals surface area (Å²) in [6.45, 7) is 0. The maximum atomic E-state index is 10.9.